The molecular weight excluding hydrogens is 369 g/mol. The Bertz CT molecular complexity index is 965. The maximum absolute atomic E-state index is 13.8. The molecule has 1 aliphatic carbocycles. The van der Waals surface area contributed by atoms with Crippen LogP contribution in [0.5, 0.6) is 0 Å². The molecule has 154 valence electrons. The molecule has 4 rings (SSSR count). The summed E-state index contributed by atoms with van der Waals surface area (Å²) in [6, 6.07) is 7.49. The van der Waals surface area contributed by atoms with Gasteiger partial charge in [0.1, 0.15) is 5.82 Å². The molecule has 3 aromatic rings. The number of tetrazole rings is 1. The zero-order valence-electron chi connectivity index (χ0n) is 17.0. The van der Waals surface area contributed by atoms with Crippen molar-refractivity contribution < 1.29 is 4.39 Å². The summed E-state index contributed by atoms with van der Waals surface area (Å²) < 4.78 is 13.8. The van der Waals surface area contributed by atoms with E-state index in [0.29, 0.717) is 24.1 Å². The van der Waals surface area contributed by atoms with Gasteiger partial charge in [-0.2, -0.15) is 4.80 Å². The molecule has 29 heavy (non-hydrogen) atoms. The van der Waals surface area contributed by atoms with Crippen LogP contribution >= 0.6 is 0 Å². The minimum atomic E-state index is -0.265. The summed E-state index contributed by atoms with van der Waals surface area (Å²) in [4.78, 5) is 6.31. The van der Waals surface area contributed by atoms with Crippen molar-refractivity contribution in [3.8, 4) is 0 Å². The normalized spacial score (nSPS) is 16.2. The highest BCUT2D eigenvalue weighted by Crippen LogP contribution is 2.27. The van der Waals surface area contributed by atoms with Crippen molar-refractivity contribution in [3.05, 3.63) is 41.3 Å². The molecule has 2 N–H and O–H groups in total. The molecule has 7 nitrogen and oxygen atoms in total. The first-order valence-corrected chi connectivity index (χ1v) is 10.5. The lowest BCUT2D eigenvalue weighted by Gasteiger charge is -2.29. The lowest BCUT2D eigenvalue weighted by atomic mass is 9.93. The average molecular weight is 398 g/mol. The number of nitrogens with zero attached hydrogens (tertiary/aromatic N) is 5. The summed E-state index contributed by atoms with van der Waals surface area (Å²) in [6.07, 6.45) is 7.20. The molecule has 8 heteroatoms. The second kappa shape index (κ2) is 8.82. The highest BCUT2D eigenvalue weighted by molar-refractivity contribution is 5.79. The SMILES string of the molecule is CCC(NC1CCCCC1)c1nc2cc(F)ccc2cc1CNc1nnn(C)n1. The van der Waals surface area contributed by atoms with Gasteiger partial charge in [0.25, 0.3) is 5.95 Å². The van der Waals surface area contributed by atoms with Gasteiger partial charge in [-0.3, -0.25) is 4.98 Å². The molecule has 1 aliphatic rings. The highest BCUT2D eigenvalue weighted by Gasteiger charge is 2.22. The van der Waals surface area contributed by atoms with Gasteiger partial charge in [0, 0.05) is 30.1 Å². The maximum Gasteiger partial charge on any atom is 0.263 e. The van der Waals surface area contributed by atoms with Gasteiger partial charge in [-0.15, -0.1) is 5.10 Å². The van der Waals surface area contributed by atoms with Gasteiger partial charge in [-0.25, -0.2) is 4.39 Å². The number of nitrogens with one attached hydrogen (secondary N) is 2. The number of anilines is 1. The maximum atomic E-state index is 13.8. The van der Waals surface area contributed by atoms with Gasteiger partial charge in [-0.1, -0.05) is 31.3 Å². The van der Waals surface area contributed by atoms with E-state index in [9.17, 15) is 4.39 Å². The van der Waals surface area contributed by atoms with Crippen LogP contribution < -0.4 is 10.6 Å². The molecule has 0 amide bonds. The zero-order chi connectivity index (χ0) is 20.2. The van der Waals surface area contributed by atoms with Crippen LogP contribution in [0.2, 0.25) is 0 Å². The van der Waals surface area contributed by atoms with Crippen LogP contribution in [0.1, 0.15) is 62.7 Å². The summed E-state index contributed by atoms with van der Waals surface area (Å²) in [6.45, 7) is 2.70. The van der Waals surface area contributed by atoms with E-state index in [0.717, 1.165) is 23.1 Å². The second-order valence-corrected chi connectivity index (χ2v) is 7.79. The van der Waals surface area contributed by atoms with Crippen molar-refractivity contribution >= 4 is 16.9 Å². The van der Waals surface area contributed by atoms with E-state index in [1.165, 1.54) is 49.0 Å². The fraction of sp³-hybridized carbons (Fsp3) is 0.524. The van der Waals surface area contributed by atoms with Gasteiger partial charge >= 0.3 is 0 Å². The number of halogens is 1. The van der Waals surface area contributed by atoms with Gasteiger partial charge in [-0.05, 0) is 48.2 Å². The lowest BCUT2D eigenvalue weighted by Crippen LogP contribution is -2.35. The summed E-state index contributed by atoms with van der Waals surface area (Å²) >= 11 is 0. The largest absolute Gasteiger partial charge is 0.347 e. The number of rotatable bonds is 7. The summed E-state index contributed by atoms with van der Waals surface area (Å²) in [7, 11) is 1.73. The number of hydrogen-bond acceptors (Lipinski definition) is 6. The van der Waals surface area contributed by atoms with Crippen LogP contribution in [0.4, 0.5) is 10.3 Å². The molecule has 1 unspecified atom stereocenters. The van der Waals surface area contributed by atoms with E-state index in [2.05, 4.69) is 39.0 Å². The Hall–Kier alpha value is -2.61. The van der Waals surface area contributed by atoms with Crippen LogP contribution in [0, 0.1) is 5.82 Å². The Morgan fingerprint density at radius 3 is 2.76 bits per heavy atom. The van der Waals surface area contributed by atoms with Crippen molar-refractivity contribution in [1.82, 2.24) is 30.5 Å². The Morgan fingerprint density at radius 1 is 1.21 bits per heavy atom. The van der Waals surface area contributed by atoms with E-state index in [1.54, 1.807) is 13.1 Å². The second-order valence-electron chi connectivity index (χ2n) is 7.79. The van der Waals surface area contributed by atoms with Crippen molar-refractivity contribution in [1.29, 1.82) is 0 Å². The first-order chi connectivity index (χ1) is 14.1. The molecule has 1 saturated carbocycles. The predicted molar refractivity (Wildman–Crippen MR) is 111 cm³/mol. The molecule has 2 aromatic heterocycles. The van der Waals surface area contributed by atoms with E-state index in [1.807, 2.05) is 0 Å². The lowest BCUT2D eigenvalue weighted by molar-refractivity contribution is 0.331. The molecule has 1 aromatic carbocycles. The van der Waals surface area contributed by atoms with E-state index in [-0.39, 0.29) is 11.9 Å². The third kappa shape index (κ3) is 4.70. The Balaban J connectivity index is 1.65. The van der Waals surface area contributed by atoms with E-state index >= 15 is 0 Å². The van der Waals surface area contributed by atoms with E-state index < -0.39 is 0 Å². The fourth-order valence-corrected chi connectivity index (χ4v) is 4.12. The summed E-state index contributed by atoms with van der Waals surface area (Å²) in [5.41, 5.74) is 2.71. The molecule has 0 aliphatic heterocycles. The highest BCUT2D eigenvalue weighted by atomic mass is 19.1. The third-order valence-electron chi connectivity index (χ3n) is 5.62. The number of aryl methyl sites for hydroxylation is 1. The van der Waals surface area contributed by atoms with E-state index in [4.69, 9.17) is 4.98 Å². The summed E-state index contributed by atoms with van der Waals surface area (Å²) in [5, 5.41) is 20.0. The van der Waals surface area contributed by atoms with Crippen molar-refractivity contribution in [2.24, 2.45) is 7.05 Å². The Labute approximate surface area is 170 Å². The standard InChI is InChI=1S/C21H28FN7/c1-3-18(24-17-7-5-4-6-8-17)20-15(13-23-21-26-28-29(2)27-21)11-14-9-10-16(22)12-19(14)25-20/h9-12,17-18,24H,3-8,13H2,1-2H3,(H,23,27). The molecule has 0 spiro atoms. The van der Waals surface area contributed by atoms with Gasteiger partial charge in [0.15, 0.2) is 0 Å². The predicted octanol–water partition coefficient (Wildman–Crippen LogP) is 3.88. The minimum Gasteiger partial charge on any atom is -0.347 e. The van der Waals surface area contributed by atoms with Crippen molar-refractivity contribution in [3.63, 3.8) is 0 Å². The molecule has 1 fully saturated rings. The minimum absolute atomic E-state index is 0.123. The van der Waals surface area contributed by atoms with Crippen LogP contribution in [0.15, 0.2) is 24.3 Å². The molecule has 2 heterocycles. The zero-order valence-corrected chi connectivity index (χ0v) is 17.0. The van der Waals surface area contributed by atoms with Crippen molar-refractivity contribution in [2.75, 3.05) is 5.32 Å². The van der Waals surface area contributed by atoms with Crippen LogP contribution in [-0.2, 0) is 13.6 Å². The quantitative estimate of drug-likeness (QED) is 0.630. The molecule has 1 atom stereocenters. The molecule has 0 bridgehead atoms. The first kappa shape index (κ1) is 19.7. The van der Waals surface area contributed by atoms with Gasteiger partial charge < -0.3 is 10.6 Å². The van der Waals surface area contributed by atoms with Crippen LogP contribution in [0.25, 0.3) is 10.9 Å². The molecule has 0 saturated heterocycles. The number of aromatic nitrogens is 5. The first-order valence-electron chi connectivity index (χ1n) is 10.5. The van der Waals surface area contributed by atoms with Gasteiger partial charge in [0.2, 0.25) is 0 Å². The molecule has 0 radical (unpaired) electrons. The van der Waals surface area contributed by atoms with Crippen LogP contribution in [0.3, 0.4) is 0 Å². The number of pyridine rings is 1. The number of benzene rings is 1. The third-order valence-corrected chi connectivity index (χ3v) is 5.62. The topological polar surface area (TPSA) is 80.5 Å². The fourth-order valence-electron chi connectivity index (χ4n) is 4.12. The summed E-state index contributed by atoms with van der Waals surface area (Å²) in [5.74, 6) is 0.213. The Morgan fingerprint density at radius 2 is 2.03 bits per heavy atom. The number of hydrogen-bond donors (Lipinski definition) is 2. The number of fused-ring (bicyclic) bond motifs is 1. The van der Waals surface area contributed by atoms with Crippen LogP contribution in [-0.4, -0.2) is 31.2 Å². The van der Waals surface area contributed by atoms with Gasteiger partial charge in [0.05, 0.1) is 18.3 Å². The monoisotopic (exact) mass is 397 g/mol. The van der Waals surface area contributed by atoms with Crippen molar-refractivity contribution in [2.45, 2.75) is 64.1 Å². The smallest absolute Gasteiger partial charge is 0.263 e. The Kier molecular flexibility index (Phi) is 5.99. The average Bonchev–Trinajstić information content (AvgIpc) is 3.16. The molecular formula is C21H28FN7.